The second-order valence-corrected chi connectivity index (χ2v) is 8.23. The van der Waals surface area contributed by atoms with Gasteiger partial charge in [0.05, 0.1) is 17.2 Å². The Labute approximate surface area is 172 Å². The highest BCUT2D eigenvalue weighted by molar-refractivity contribution is 7.71. The van der Waals surface area contributed by atoms with Crippen LogP contribution in [0.5, 0.6) is 0 Å². The number of aromatic nitrogens is 4. The number of hydrogen-bond donors (Lipinski definition) is 0. The molecule has 1 amide bonds. The molecule has 0 radical (unpaired) electrons. The third kappa shape index (κ3) is 3.65. The minimum absolute atomic E-state index is 0.118. The molecule has 1 aliphatic rings. The topological polar surface area (TPSA) is 59.2 Å². The van der Waals surface area contributed by atoms with Crippen molar-refractivity contribution in [1.82, 2.24) is 29.6 Å². The maximum Gasteiger partial charge on any atom is 0.264 e. The SMILES string of the molecule is Cc1cccc(-n2nnn(CN3CCN(C(=O)c4cccs4)CC3)c2=S)c1C. The van der Waals surface area contributed by atoms with Crippen molar-refractivity contribution < 1.29 is 4.79 Å². The van der Waals surface area contributed by atoms with Crippen LogP contribution in [0.25, 0.3) is 5.69 Å². The van der Waals surface area contributed by atoms with Gasteiger partial charge in [-0.25, -0.2) is 4.68 Å². The van der Waals surface area contributed by atoms with Crippen LogP contribution in [0.2, 0.25) is 0 Å². The summed E-state index contributed by atoms with van der Waals surface area (Å²) >= 11 is 7.10. The molecular formula is C19H22N6OS2. The van der Waals surface area contributed by atoms with E-state index in [2.05, 4.69) is 35.2 Å². The van der Waals surface area contributed by atoms with E-state index >= 15 is 0 Å². The smallest absolute Gasteiger partial charge is 0.264 e. The molecule has 1 aromatic carbocycles. The molecule has 2 aromatic heterocycles. The normalized spacial score (nSPS) is 15.1. The second-order valence-electron chi connectivity index (χ2n) is 6.92. The van der Waals surface area contributed by atoms with Gasteiger partial charge in [0.25, 0.3) is 5.91 Å². The average molecular weight is 415 g/mol. The highest BCUT2D eigenvalue weighted by Crippen LogP contribution is 2.17. The maximum absolute atomic E-state index is 12.5. The van der Waals surface area contributed by atoms with E-state index in [0.29, 0.717) is 24.5 Å². The zero-order chi connectivity index (χ0) is 19.7. The van der Waals surface area contributed by atoms with Crippen LogP contribution < -0.4 is 0 Å². The van der Waals surface area contributed by atoms with Gasteiger partial charge in [0.2, 0.25) is 4.77 Å². The molecule has 3 heterocycles. The Bertz CT molecular complexity index is 1030. The highest BCUT2D eigenvalue weighted by Gasteiger charge is 2.23. The van der Waals surface area contributed by atoms with Crippen molar-refractivity contribution >= 4 is 29.5 Å². The summed E-state index contributed by atoms with van der Waals surface area (Å²) in [6.45, 7) is 7.69. The molecule has 1 fully saturated rings. The summed E-state index contributed by atoms with van der Waals surface area (Å²) in [6.07, 6.45) is 0. The lowest BCUT2D eigenvalue weighted by atomic mass is 10.1. The number of tetrazole rings is 1. The monoisotopic (exact) mass is 414 g/mol. The molecule has 3 aromatic rings. The van der Waals surface area contributed by atoms with Crippen LogP contribution in [-0.2, 0) is 6.67 Å². The van der Waals surface area contributed by atoms with Gasteiger partial charge in [0.15, 0.2) is 0 Å². The molecule has 0 atom stereocenters. The number of benzene rings is 1. The quantitative estimate of drug-likeness (QED) is 0.615. The van der Waals surface area contributed by atoms with Crippen molar-refractivity contribution in [1.29, 1.82) is 0 Å². The molecule has 0 N–H and O–H groups in total. The minimum Gasteiger partial charge on any atom is -0.335 e. The van der Waals surface area contributed by atoms with Crippen LogP contribution in [0.1, 0.15) is 20.8 Å². The number of aryl methyl sites for hydroxylation is 1. The van der Waals surface area contributed by atoms with Gasteiger partial charge >= 0.3 is 0 Å². The van der Waals surface area contributed by atoms with Gasteiger partial charge in [-0.15, -0.1) is 11.3 Å². The molecule has 9 heteroatoms. The molecule has 0 unspecified atom stereocenters. The number of carbonyl (C=O) groups is 1. The largest absolute Gasteiger partial charge is 0.335 e. The van der Waals surface area contributed by atoms with Gasteiger partial charge in [0.1, 0.15) is 0 Å². The van der Waals surface area contributed by atoms with Gasteiger partial charge < -0.3 is 4.90 Å². The van der Waals surface area contributed by atoms with E-state index in [4.69, 9.17) is 12.2 Å². The lowest BCUT2D eigenvalue weighted by Crippen LogP contribution is -2.48. The van der Waals surface area contributed by atoms with E-state index in [0.717, 1.165) is 29.2 Å². The van der Waals surface area contributed by atoms with Gasteiger partial charge in [-0.3, -0.25) is 9.69 Å². The Kier molecular flexibility index (Phi) is 5.38. The summed E-state index contributed by atoms with van der Waals surface area (Å²) < 4.78 is 4.04. The van der Waals surface area contributed by atoms with Gasteiger partial charge in [-0.2, -0.15) is 4.68 Å². The van der Waals surface area contributed by atoms with Gasteiger partial charge in [-0.05, 0) is 65.1 Å². The molecule has 0 aliphatic carbocycles. The van der Waals surface area contributed by atoms with Crippen molar-refractivity contribution in [2.24, 2.45) is 0 Å². The molecule has 0 spiro atoms. The van der Waals surface area contributed by atoms with Crippen molar-refractivity contribution in [3.05, 3.63) is 56.5 Å². The van der Waals surface area contributed by atoms with Crippen LogP contribution >= 0.6 is 23.6 Å². The van der Waals surface area contributed by atoms with Crippen LogP contribution in [-0.4, -0.2) is 61.7 Å². The average Bonchev–Trinajstić information content (AvgIpc) is 3.35. The predicted molar refractivity (Wildman–Crippen MR) is 111 cm³/mol. The number of thiophene rings is 1. The third-order valence-corrected chi connectivity index (χ3v) is 6.41. The molecule has 4 rings (SSSR count). The Hall–Kier alpha value is -2.36. The Balaban J connectivity index is 1.42. The van der Waals surface area contributed by atoms with Crippen LogP contribution in [0, 0.1) is 18.6 Å². The van der Waals surface area contributed by atoms with Crippen molar-refractivity contribution in [2.75, 3.05) is 26.2 Å². The molecule has 28 heavy (non-hydrogen) atoms. The number of nitrogens with zero attached hydrogens (tertiary/aromatic N) is 6. The first-order chi connectivity index (χ1) is 13.5. The summed E-state index contributed by atoms with van der Waals surface area (Å²) in [5, 5.41) is 10.5. The molecule has 146 valence electrons. The van der Waals surface area contributed by atoms with Crippen molar-refractivity contribution in [3.63, 3.8) is 0 Å². The summed E-state index contributed by atoms with van der Waals surface area (Å²) in [7, 11) is 0. The fourth-order valence-corrected chi connectivity index (χ4v) is 4.24. The second kappa shape index (κ2) is 7.94. The van der Waals surface area contributed by atoms with E-state index in [1.165, 1.54) is 16.9 Å². The molecule has 0 saturated carbocycles. The molecular weight excluding hydrogens is 392 g/mol. The van der Waals surface area contributed by atoms with Crippen molar-refractivity contribution in [3.8, 4) is 5.69 Å². The van der Waals surface area contributed by atoms with Crippen LogP contribution in [0.15, 0.2) is 35.7 Å². The summed E-state index contributed by atoms with van der Waals surface area (Å²) in [5.41, 5.74) is 3.30. The Morgan fingerprint density at radius 2 is 1.89 bits per heavy atom. The van der Waals surface area contributed by atoms with E-state index in [1.54, 1.807) is 9.36 Å². The minimum atomic E-state index is 0.118. The van der Waals surface area contributed by atoms with Gasteiger partial charge in [-0.1, -0.05) is 18.2 Å². The fourth-order valence-electron chi connectivity index (χ4n) is 3.32. The first kappa shape index (κ1) is 19.0. The Morgan fingerprint density at radius 3 is 2.61 bits per heavy atom. The van der Waals surface area contributed by atoms with Crippen LogP contribution in [0.4, 0.5) is 0 Å². The Morgan fingerprint density at radius 1 is 1.11 bits per heavy atom. The van der Waals surface area contributed by atoms with E-state index in [1.807, 2.05) is 34.5 Å². The van der Waals surface area contributed by atoms with Crippen LogP contribution in [0.3, 0.4) is 0 Å². The molecule has 1 aliphatic heterocycles. The zero-order valence-corrected chi connectivity index (χ0v) is 17.5. The summed E-state index contributed by atoms with van der Waals surface area (Å²) in [4.78, 5) is 17.4. The number of piperazine rings is 1. The molecule has 7 nitrogen and oxygen atoms in total. The van der Waals surface area contributed by atoms with Gasteiger partial charge in [0, 0.05) is 26.2 Å². The lowest BCUT2D eigenvalue weighted by molar-refractivity contribution is 0.0588. The number of hydrogen-bond acceptors (Lipinski definition) is 6. The fraction of sp³-hybridized carbons (Fsp3) is 0.368. The maximum atomic E-state index is 12.5. The molecule has 1 saturated heterocycles. The predicted octanol–water partition coefficient (Wildman–Crippen LogP) is 2.89. The van der Waals surface area contributed by atoms with E-state index < -0.39 is 0 Å². The molecule has 0 bridgehead atoms. The van der Waals surface area contributed by atoms with E-state index in [9.17, 15) is 4.79 Å². The summed E-state index contributed by atoms with van der Waals surface area (Å²) in [6, 6.07) is 9.87. The number of amides is 1. The number of carbonyl (C=O) groups excluding carboxylic acids is 1. The summed E-state index contributed by atoms with van der Waals surface area (Å²) in [5.74, 6) is 0.118. The van der Waals surface area contributed by atoms with Crippen molar-refractivity contribution in [2.45, 2.75) is 20.5 Å². The zero-order valence-electron chi connectivity index (χ0n) is 15.9. The first-order valence-corrected chi connectivity index (χ1v) is 10.5. The third-order valence-electron chi connectivity index (χ3n) is 5.17. The standard InChI is InChI=1S/C19H22N6OS2/c1-14-5-3-6-16(15(14)2)25-19(27)24(20-21-25)13-22-8-10-23(11-9-22)18(26)17-7-4-12-28-17/h3-7,12H,8-11,13H2,1-2H3. The van der Waals surface area contributed by atoms with E-state index in [-0.39, 0.29) is 5.91 Å². The highest BCUT2D eigenvalue weighted by atomic mass is 32.1. The first-order valence-electron chi connectivity index (χ1n) is 9.19. The lowest BCUT2D eigenvalue weighted by Gasteiger charge is -2.34. The number of rotatable bonds is 4.